The van der Waals surface area contributed by atoms with Crippen LogP contribution in [0.25, 0.3) is 11.5 Å². The van der Waals surface area contributed by atoms with Gasteiger partial charge in [-0.1, -0.05) is 36.4 Å². The van der Waals surface area contributed by atoms with E-state index in [2.05, 4.69) is 15.6 Å². The number of nitrogens with one attached hydrogen (secondary N) is 2. The average molecular weight is 488 g/mol. The van der Waals surface area contributed by atoms with E-state index in [1.54, 1.807) is 25.1 Å². The van der Waals surface area contributed by atoms with E-state index < -0.39 is 41.8 Å². The lowest BCUT2D eigenvalue weighted by molar-refractivity contribution is -0.153. The van der Waals surface area contributed by atoms with E-state index in [9.17, 15) is 22.8 Å². The molecule has 2 atom stereocenters. The second-order valence-corrected chi connectivity index (χ2v) is 7.84. The minimum atomic E-state index is -4.92. The Morgan fingerprint density at radius 2 is 1.77 bits per heavy atom. The second kappa shape index (κ2) is 10.1. The molecule has 3 aromatic rings. The summed E-state index contributed by atoms with van der Waals surface area (Å²) in [5.41, 5.74) is 0.180. The van der Waals surface area contributed by atoms with Gasteiger partial charge in [-0.15, -0.1) is 0 Å². The predicted octanol–water partition coefficient (Wildman–Crippen LogP) is 4.76. The number of hydrogen-bond donors (Lipinski definition) is 2. The van der Waals surface area contributed by atoms with Crippen LogP contribution in [-0.2, 0) is 10.9 Å². The van der Waals surface area contributed by atoms with E-state index in [-0.39, 0.29) is 25.5 Å². The Morgan fingerprint density at radius 1 is 1.11 bits per heavy atom. The molecule has 184 valence electrons. The molecule has 0 bridgehead atoms. The summed E-state index contributed by atoms with van der Waals surface area (Å²) in [5.74, 6) is -2.84. The lowest BCUT2D eigenvalue weighted by Crippen LogP contribution is -2.41. The third-order valence-electron chi connectivity index (χ3n) is 5.37. The molecular formula is C24H23F3N4O4. The number of para-hydroxylation sites is 1. The second-order valence-electron chi connectivity index (χ2n) is 7.84. The van der Waals surface area contributed by atoms with E-state index in [1.165, 1.54) is 17.0 Å². The Morgan fingerprint density at radius 3 is 2.40 bits per heavy atom. The van der Waals surface area contributed by atoms with E-state index >= 15 is 0 Å². The summed E-state index contributed by atoms with van der Waals surface area (Å²) in [6, 6.07) is 16.4. The fourth-order valence-electron chi connectivity index (χ4n) is 3.84. The standard InChI is InChI=1S/C24H23F3N4O4/c1-2-34-23(33)31-14-17(13-18(31)28-16-11-7-4-8-12-16)29-21(32)19-20(24(25,26)27)35-22(30-19)15-9-5-3-6-10-15/h3-12,17-18,28H,2,13-14H2,1H3,(H,29,32). The molecule has 2 heterocycles. The van der Waals surface area contributed by atoms with Gasteiger partial charge in [0.1, 0.15) is 6.17 Å². The van der Waals surface area contributed by atoms with Gasteiger partial charge in [0.2, 0.25) is 11.7 Å². The number of oxazole rings is 1. The Kier molecular flexibility index (Phi) is 6.94. The van der Waals surface area contributed by atoms with Gasteiger partial charge < -0.3 is 19.8 Å². The third-order valence-corrected chi connectivity index (χ3v) is 5.37. The minimum absolute atomic E-state index is 0.0415. The maximum atomic E-state index is 13.6. The fourth-order valence-corrected chi connectivity index (χ4v) is 3.84. The van der Waals surface area contributed by atoms with Crippen LogP contribution in [0.3, 0.4) is 0 Å². The van der Waals surface area contributed by atoms with Crippen LogP contribution >= 0.6 is 0 Å². The monoisotopic (exact) mass is 488 g/mol. The first-order valence-electron chi connectivity index (χ1n) is 11.0. The van der Waals surface area contributed by atoms with Gasteiger partial charge in [0, 0.05) is 24.2 Å². The van der Waals surface area contributed by atoms with E-state index in [1.807, 2.05) is 30.3 Å². The predicted molar refractivity (Wildman–Crippen MR) is 120 cm³/mol. The molecule has 2 N–H and O–H groups in total. The van der Waals surface area contributed by atoms with Gasteiger partial charge in [-0.2, -0.15) is 13.2 Å². The zero-order valence-electron chi connectivity index (χ0n) is 18.7. The van der Waals surface area contributed by atoms with Crippen molar-refractivity contribution in [2.24, 2.45) is 0 Å². The summed E-state index contributed by atoms with van der Waals surface area (Å²) < 4.78 is 50.9. The van der Waals surface area contributed by atoms with E-state index in [0.717, 1.165) is 5.69 Å². The molecule has 1 saturated heterocycles. The molecule has 8 nitrogen and oxygen atoms in total. The first kappa shape index (κ1) is 24.1. The molecule has 2 amide bonds. The molecule has 1 aliphatic heterocycles. The van der Waals surface area contributed by atoms with Crippen LogP contribution < -0.4 is 10.6 Å². The van der Waals surface area contributed by atoms with Crippen molar-refractivity contribution in [2.45, 2.75) is 31.7 Å². The highest BCUT2D eigenvalue weighted by Crippen LogP contribution is 2.35. The number of amides is 2. The number of halogens is 3. The van der Waals surface area contributed by atoms with Gasteiger partial charge in [0.05, 0.1) is 12.6 Å². The molecule has 4 rings (SSSR count). The maximum Gasteiger partial charge on any atom is 0.452 e. The number of benzene rings is 2. The molecule has 0 aliphatic carbocycles. The Bertz CT molecular complexity index is 1170. The summed E-state index contributed by atoms with van der Waals surface area (Å²) in [6.07, 6.45) is -5.82. The molecule has 0 spiro atoms. The number of nitrogens with zero attached hydrogens (tertiary/aromatic N) is 2. The molecular weight excluding hydrogens is 465 g/mol. The average Bonchev–Trinajstić information content (AvgIpc) is 3.45. The molecule has 1 fully saturated rings. The van der Waals surface area contributed by atoms with E-state index in [4.69, 9.17) is 9.15 Å². The summed E-state index contributed by atoms with van der Waals surface area (Å²) >= 11 is 0. The summed E-state index contributed by atoms with van der Waals surface area (Å²) in [6.45, 7) is 1.86. The topological polar surface area (TPSA) is 96.7 Å². The summed E-state index contributed by atoms with van der Waals surface area (Å²) in [5, 5.41) is 5.76. The van der Waals surface area contributed by atoms with Gasteiger partial charge in [-0.25, -0.2) is 9.78 Å². The van der Waals surface area contributed by atoms with Crippen molar-refractivity contribution in [3.05, 3.63) is 72.1 Å². The van der Waals surface area contributed by atoms with Gasteiger partial charge in [-0.05, 0) is 31.2 Å². The van der Waals surface area contributed by atoms with Crippen LogP contribution in [0.5, 0.6) is 0 Å². The first-order valence-corrected chi connectivity index (χ1v) is 11.0. The van der Waals surface area contributed by atoms with Crippen molar-refractivity contribution in [3.8, 4) is 11.5 Å². The van der Waals surface area contributed by atoms with E-state index in [0.29, 0.717) is 5.56 Å². The van der Waals surface area contributed by atoms with Crippen molar-refractivity contribution >= 4 is 17.7 Å². The normalized spacial score (nSPS) is 17.8. The zero-order valence-corrected chi connectivity index (χ0v) is 18.7. The molecule has 35 heavy (non-hydrogen) atoms. The van der Waals surface area contributed by atoms with Crippen LogP contribution in [0.4, 0.5) is 23.7 Å². The maximum absolute atomic E-state index is 13.6. The van der Waals surface area contributed by atoms with Crippen molar-refractivity contribution in [1.29, 1.82) is 0 Å². The van der Waals surface area contributed by atoms with Crippen molar-refractivity contribution in [3.63, 3.8) is 0 Å². The number of hydrogen-bond acceptors (Lipinski definition) is 6. The molecule has 1 aromatic heterocycles. The van der Waals surface area contributed by atoms with Crippen LogP contribution in [0, 0.1) is 0 Å². The smallest absolute Gasteiger partial charge is 0.450 e. The highest BCUT2D eigenvalue weighted by molar-refractivity contribution is 5.94. The molecule has 0 radical (unpaired) electrons. The lowest BCUT2D eigenvalue weighted by Gasteiger charge is -2.25. The quantitative estimate of drug-likeness (QED) is 0.520. The first-order chi connectivity index (χ1) is 16.8. The molecule has 1 aliphatic rings. The highest BCUT2D eigenvalue weighted by Gasteiger charge is 2.43. The largest absolute Gasteiger partial charge is 0.452 e. The minimum Gasteiger partial charge on any atom is -0.450 e. The van der Waals surface area contributed by atoms with Crippen LogP contribution in [0.2, 0.25) is 0 Å². The van der Waals surface area contributed by atoms with Crippen LogP contribution in [0.15, 0.2) is 65.1 Å². The van der Waals surface area contributed by atoms with Gasteiger partial charge in [0.15, 0.2) is 5.69 Å². The number of rotatable bonds is 6. The van der Waals surface area contributed by atoms with Gasteiger partial charge >= 0.3 is 12.3 Å². The Hall–Kier alpha value is -4.02. The van der Waals surface area contributed by atoms with Crippen molar-refractivity contribution in [2.75, 3.05) is 18.5 Å². The highest BCUT2D eigenvalue weighted by atomic mass is 19.4. The number of aromatic nitrogens is 1. The number of likely N-dealkylation sites (tertiary alicyclic amines) is 1. The Labute approximate surface area is 199 Å². The van der Waals surface area contributed by atoms with Crippen molar-refractivity contribution < 1.29 is 31.9 Å². The van der Waals surface area contributed by atoms with Crippen molar-refractivity contribution in [1.82, 2.24) is 15.2 Å². The molecule has 0 saturated carbocycles. The van der Waals surface area contributed by atoms with Gasteiger partial charge in [-0.3, -0.25) is 9.69 Å². The molecule has 11 heteroatoms. The Balaban J connectivity index is 1.55. The number of carbonyl (C=O) groups excluding carboxylic acids is 2. The van der Waals surface area contributed by atoms with Crippen LogP contribution in [0.1, 0.15) is 29.6 Å². The van der Waals surface area contributed by atoms with Gasteiger partial charge in [0.25, 0.3) is 5.91 Å². The number of alkyl halides is 3. The zero-order chi connectivity index (χ0) is 25.0. The molecule has 2 unspecified atom stereocenters. The summed E-state index contributed by atoms with van der Waals surface area (Å²) in [4.78, 5) is 30.6. The molecule has 2 aromatic carbocycles. The number of ether oxygens (including phenoxy) is 1. The number of anilines is 1. The third kappa shape index (κ3) is 5.56. The fraction of sp³-hybridized carbons (Fsp3) is 0.292. The summed E-state index contributed by atoms with van der Waals surface area (Å²) in [7, 11) is 0. The SMILES string of the molecule is CCOC(=O)N1CC(NC(=O)c2nc(-c3ccccc3)oc2C(F)(F)F)CC1Nc1ccccc1. The van der Waals surface area contributed by atoms with Crippen LogP contribution in [-0.4, -0.2) is 47.2 Å². The number of carbonyl (C=O) groups is 2. The lowest BCUT2D eigenvalue weighted by atomic mass is 10.2.